The van der Waals surface area contributed by atoms with E-state index in [9.17, 15) is 0 Å². The molecule has 0 saturated heterocycles. The summed E-state index contributed by atoms with van der Waals surface area (Å²) in [6.45, 7) is 3.75. The summed E-state index contributed by atoms with van der Waals surface area (Å²) in [6.07, 6.45) is 11.7. The molecule has 5 nitrogen and oxygen atoms in total. The van der Waals surface area contributed by atoms with Gasteiger partial charge in [-0.25, -0.2) is 4.98 Å². The third kappa shape index (κ3) is 5.88. The molecule has 0 bridgehead atoms. The number of rotatable bonds is 8. The third-order valence-corrected chi connectivity index (χ3v) is 5.69. The van der Waals surface area contributed by atoms with Gasteiger partial charge in [0.05, 0.1) is 11.3 Å². The minimum absolute atomic E-state index is 0.557. The summed E-state index contributed by atoms with van der Waals surface area (Å²) >= 11 is 1.80. The first kappa shape index (κ1) is 18.0. The predicted octanol–water partition coefficient (Wildman–Crippen LogP) is 3.56. The number of hydrogen-bond acceptors (Lipinski definition) is 4. The molecular formula is C19H28N4OS. The molecule has 25 heavy (non-hydrogen) atoms. The molecule has 3 rings (SSSR count). The van der Waals surface area contributed by atoms with E-state index < -0.39 is 0 Å². The van der Waals surface area contributed by atoms with E-state index in [0.29, 0.717) is 6.04 Å². The van der Waals surface area contributed by atoms with Gasteiger partial charge in [-0.05, 0) is 31.4 Å². The van der Waals surface area contributed by atoms with Crippen LogP contribution in [0.3, 0.4) is 0 Å². The second-order valence-corrected chi connectivity index (χ2v) is 7.64. The van der Waals surface area contributed by atoms with Crippen LogP contribution in [0.2, 0.25) is 0 Å². The molecule has 0 atom stereocenters. The molecule has 2 heterocycles. The number of thiazole rings is 1. The van der Waals surface area contributed by atoms with Gasteiger partial charge in [0.1, 0.15) is 5.76 Å². The van der Waals surface area contributed by atoms with Gasteiger partial charge < -0.3 is 15.1 Å². The maximum Gasteiger partial charge on any atom is 0.191 e. The number of nitrogens with zero attached hydrogens (tertiary/aromatic N) is 2. The standard InChI is InChI=1S/C19H28N4OS/c1-2-17-14-22-18(25-17)10-12-21-19(23-15-6-3-4-7-15)20-11-9-16-8-5-13-24-16/h5,8,13-15H,2-4,6-7,9-12H2,1H3,(H2,20,21,23). The summed E-state index contributed by atoms with van der Waals surface area (Å²) in [5.74, 6) is 1.92. The van der Waals surface area contributed by atoms with E-state index in [4.69, 9.17) is 9.41 Å². The van der Waals surface area contributed by atoms with Gasteiger partial charge in [-0.3, -0.25) is 4.99 Å². The van der Waals surface area contributed by atoms with Crippen molar-refractivity contribution in [2.75, 3.05) is 13.1 Å². The van der Waals surface area contributed by atoms with E-state index in [1.165, 1.54) is 35.6 Å². The molecule has 0 unspecified atom stereocenters. The average Bonchev–Trinajstić information content (AvgIpc) is 3.37. The fourth-order valence-corrected chi connectivity index (χ4v) is 3.92. The van der Waals surface area contributed by atoms with Gasteiger partial charge in [-0.2, -0.15) is 0 Å². The molecule has 1 aliphatic carbocycles. The summed E-state index contributed by atoms with van der Waals surface area (Å²) in [6, 6.07) is 4.50. The summed E-state index contributed by atoms with van der Waals surface area (Å²) in [4.78, 5) is 10.6. The van der Waals surface area contributed by atoms with Crippen LogP contribution in [-0.2, 0) is 19.3 Å². The molecule has 0 spiro atoms. The van der Waals surface area contributed by atoms with Crippen molar-refractivity contribution >= 4 is 17.3 Å². The van der Waals surface area contributed by atoms with Crippen LogP contribution >= 0.6 is 11.3 Å². The van der Waals surface area contributed by atoms with Crippen LogP contribution in [0.25, 0.3) is 0 Å². The first-order chi connectivity index (χ1) is 12.3. The van der Waals surface area contributed by atoms with Crippen molar-refractivity contribution in [2.45, 2.75) is 57.9 Å². The Morgan fingerprint density at radius 2 is 2.24 bits per heavy atom. The highest BCUT2D eigenvalue weighted by molar-refractivity contribution is 7.11. The number of aryl methyl sites for hydroxylation is 1. The van der Waals surface area contributed by atoms with Gasteiger partial charge >= 0.3 is 0 Å². The molecule has 2 aromatic heterocycles. The Bertz CT molecular complexity index is 644. The van der Waals surface area contributed by atoms with Gasteiger partial charge in [0, 0.05) is 43.0 Å². The van der Waals surface area contributed by atoms with Crippen LogP contribution in [-0.4, -0.2) is 30.1 Å². The topological polar surface area (TPSA) is 62.5 Å². The lowest BCUT2D eigenvalue weighted by Gasteiger charge is -2.17. The van der Waals surface area contributed by atoms with Crippen molar-refractivity contribution in [3.8, 4) is 0 Å². The van der Waals surface area contributed by atoms with Crippen LogP contribution in [0.5, 0.6) is 0 Å². The summed E-state index contributed by atoms with van der Waals surface area (Å²) in [7, 11) is 0. The third-order valence-electron chi connectivity index (χ3n) is 4.49. The van der Waals surface area contributed by atoms with E-state index in [2.05, 4.69) is 22.5 Å². The van der Waals surface area contributed by atoms with Crippen LogP contribution in [0.15, 0.2) is 34.0 Å². The lowest BCUT2D eigenvalue weighted by molar-refractivity contribution is 0.506. The zero-order chi connectivity index (χ0) is 17.3. The quantitative estimate of drug-likeness (QED) is 0.558. The van der Waals surface area contributed by atoms with Crippen LogP contribution < -0.4 is 10.6 Å². The monoisotopic (exact) mass is 360 g/mol. The Balaban J connectivity index is 1.50. The molecule has 0 aromatic carbocycles. The Kier molecular flexibility index (Phi) is 6.91. The van der Waals surface area contributed by atoms with Gasteiger partial charge in [-0.15, -0.1) is 11.3 Å². The summed E-state index contributed by atoms with van der Waals surface area (Å²) in [5.41, 5.74) is 0. The zero-order valence-electron chi connectivity index (χ0n) is 15.0. The number of aromatic nitrogens is 1. The fourth-order valence-electron chi connectivity index (χ4n) is 3.07. The van der Waals surface area contributed by atoms with Crippen LogP contribution in [0, 0.1) is 0 Å². The van der Waals surface area contributed by atoms with Gasteiger partial charge in [0.15, 0.2) is 5.96 Å². The highest BCUT2D eigenvalue weighted by atomic mass is 32.1. The number of hydrogen-bond donors (Lipinski definition) is 2. The maximum atomic E-state index is 5.39. The molecular weight excluding hydrogens is 332 g/mol. The Hall–Kier alpha value is -1.82. The lowest BCUT2D eigenvalue weighted by Crippen LogP contribution is -2.43. The molecule has 136 valence electrons. The largest absolute Gasteiger partial charge is 0.469 e. The molecule has 1 aliphatic rings. The zero-order valence-corrected chi connectivity index (χ0v) is 15.8. The van der Waals surface area contributed by atoms with Gasteiger partial charge in [0.25, 0.3) is 0 Å². The van der Waals surface area contributed by atoms with E-state index in [-0.39, 0.29) is 0 Å². The fraction of sp³-hybridized carbons (Fsp3) is 0.579. The molecule has 2 aromatic rings. The smallest absolute Gasteiger partial charge is 0.191 e. The van der Waals surface area contributed by atoms with Gasteiger partial charge in [0.2, 0.25) is 0 Å². The van der Waals surface area contributed by atoms with Crippen molar-refractivity contribution in [3.63, 3.8) is 0 Å². The summed E-state index contributed by atoms with van der Waals surface area (Å²) in [5, 5.41) is 8.22. The lowest BCUT2D eigenvalue weighted by atomic mass is 10.2. The van der Waals surface area contributed by atoms with Crippen LogP contribution in [0.1, 0.15) is 48.3 Å². The van der Waals surface area contributed by atoms with E-state index in [1.807, 2.05) is 18.3 Å². The number of nitrogens with one attached hydrogen (secondary N) is 2. The first-order valence-corrected chi connectivity index (χ1v) is 10.2. The SMILES string of the molecule is CCc1cnc(CCN=C(NCCc2ccco2)NC2CCCC2)s1. The number of aliphatic imine (C=N–C) groups is 1. The van der Waals surface area contributed by atoms with Crippen molar-refractivity contribution in [1.29, 1.82) is 0 Å². The Morgan fingerprint density at radius 1 is 1.36 bits per heavy atom. The first-order valence-electron chi connectivity index (χ1n) is 9.34. The van der Waals surface area contributed by atoms with E-state index >= 15 is 0 Å². The van der Waals surface area contributed by atoms with E-state index in [0.717, 1.165) is 44.1 Å². The normalized spacial score (nSPS) is 15.6. The van der Waals surface area contributed by atoms with Crippen molar-refractivity contribution in [2.24, 2.45) is 4.99 Å². The second kappa shape index (κ2) is 9.61. The molecule has 1 saturated carbocycles. The highest BCUT2D eigenvalue weighted by Crippen LogP contribution is 2.17. The van der Waals surface area contributed by atoms with Crippen LogP contribution in [0.4, 0.5) is 0 Å². The molecule has 1 fully saturated rings. The number of guanidine groups is 1. The highest BCUT2D eigenvalue weighted by Gasteiger charge is 2.16. The Labute approximate surface area is 154 Å². The van der Waals surface area contributed by atoms with Crippen molar-refractivity contribution in [1.82, 2.24) is 15.6 Å². The minimum Gasteiger partial charge on any atom is -0.469 e. The van der Waals surface area contributed by atoms with Gasteiger partial charge in [-0.1, -0.05) is 19.8 Å². The minimum atomic E-state index is 0.557. The molecule has 2 N–H and O–H groups in total. The van der Waals surface area contributed by atoms with Crippen molar-refractivity contribution < 1.29 is 4.42 Å². The molecule has 0 amide bonds. The average molecular weight is 361 g/mol. The van der Waals surface area contributed by atoms with E-state index in [1.54, 1.807) is 17.6 Å². The molecule has 0 radical (unpaired) electrons. The molecule has 6 heteroatoms. The maximum absolute atomic E-state index is 5.39. The van der Waals surface area contributed by atoms with Crippen molar-refractivity contribution in [3.05, 3.63) is 40.2 Å². The second-order valence-electron chi connectivity index (χ2n) is 6.44. The Morgan fingerprint density at radius 3 is 2.96 bits per heavy atom. The number of furan rings is 1. The predicted molar refractivity (Wildman–Crippen MR) is 103 cm³/mol. The molecule has 0 aliphatic heterocycles. The summed E-state index contributed by atoms with van der Waals surface area (Å²) < 4.78 is 5.39.